The minimum absolute atomic E-state index is 0.359. The predicted molar refractivity (Wildman–Crippen MR) is 74.6 cm³/mol. The van der Waals surface area contributed by atoms with E-state index in [1.165, 1.54) is 0 Å². The minimum Gasteiger partial charge on any atom is -0.480 e. The predicted octanol–water partition coefficient (Wildman–Crippen LogP) is -0.805. The fourth-order valence-corrected chi connectivity index (χ4v) is 3.03. The van der Waals surface area contributed by atoms with Crippen LogP contribution in [0.1, 0.15) is 25.7 Å². The van der Waals surface area contributed by atoms with Crippen molar-refractivity contribution in [3.05, 3.63) is 0 Å². The van der Waals surface area contributed by atoms with Crippen molar-refractivity contribution in [3.8, 4) is 0 Å². The van der Waals surface area contributed by atoms with Crippen LogP contribution in [0.15, 0.2) is 0 Å². The SMILES string of the molecule is NC(=O)CC(NC(=O)N1CCCN2CCCC2C1)C(=O)O. The maximum Gasteiger partial charge on any atom is 0.326 e. The summed E-state index contributed by atoms with van der Waals surface area (Å²) in [5, 5.41) is 11.4. The van der Waals surface area contributed by atoms with Crippen LogP contribution in [-0.2, 0) is 9.59 Å². The summed E-state index contributed by atoms with van der Waals surface area (Å²) in [6, 6.07) is -1.34. The molecule has 2 unspecified atom stereocenters. The molecule has 2 aliphatic heterocycles. The molecule has 0 aromatic carbocycles. The van der Waals surface area contributed by atoms with Gasteiger partial charge in [0.1, 0.15) is 6.04 Å². The summed E-state index contributed by atoms with van der Waals surface area (Å²) in [6.45, 7) is 3.24. The number of carbonyl (C=O) groups excluding carboxylic acids is 2. The van der Waals surface area contributed by atoms with Crippen LogP contribution in [-0.4, -0.2) is 71.1 Å². The lowest BCUT2D eigenvalue weighted by atomic mass is 10.2. The first-order valence-electron chi connectivity index (χ1n) is 7.28. The van der Waals surface area contributed by atoms with Crippen molar-refractivity contribution in [1.82, 2.24) is 15.1 Å². The Morgan fingerprint density at radius 2 is 1.95 bits per heavy atom. The maximum absolute atomic E-state index is 12.2. The van der Waals surface area contributed by atoms with Gasteiger partial charge in [-0.1, -0.05) is 0 Å². The number of carboxylic acid groups (broad SMARTS) is 1. The highest BCUT2D eigenvalue weighted by Gasteiger charge is 2.32. The van der Waals surface area contributed by atoms with Crippen LogP contribution in [0.25, 0.3) is 0 Å². The summed E-state index contributed by atoms with van der Waals surface area (Å²) >= 11 is 0. The maximum atomic E-state index is 12.2. The lowest BCUT2D eigenvalue weighted by Crippen LogP contribution is -2.51. The van der Waals surface area contributed by atoms with Crippen molar-refractivity contribution in [2.75, 3.05) is 26.2 Å². The van der Waals surface area contributed by atoms with Crippen molar-refractivity contribution in [2.45, 2.75) is 37.8 Å². The zero-order chi connectivity index (χ0) is 15.4. The number of hydrogen-bond donors (Lipinski definition) is 3. The van der Waals surface area contributed by atoms with E-state index in [0.29, 0.717) is 19.1 Å². The van der Waals surface area contributed by atoms with Gasteiger partial charge in [0, 0.05) is 25.7 Å². The molecule has 2 rings (SSSR count). The largest absolute Gasteiger partial charge is 0.480 e. The van der Waals surface area contributed by atoms with Crippen LogP contribution in [0, 0.1) is 0 Å². The quantitative estimate of drug-likeness (QED) is 0.628. The highest BCUT2D eigenvalue weighted by atomic mass is 16.4. The first-order valence-corrected chi connectivity index (χ1v) is 7.28. The van der Waals surface area contributed by atoms with E-state index in [0.717, 1.165) is 32.4 Å². The molecular formula is C13H22N4O4. The van der Waals surface area contributed by atoms with Crippen LogP contribution in [0.5, 0.6) is 0 Å². The van der Waals surface area contributed by atoms with Gasteiger partial charge in [-0.05, 0) is 25.8 Å². The van der Waals surface area contributed by atoms with Gasteiger partial charge in [0.2, 0.25) is 5.91 Å². The molecule has 2 atom stereocenters. The molecular weight excluding hydrogens is 276 g/mol. The highest BCUT2D eigenvalue weighted by Crippen LogP contribution is 2.21. The van der Waals surface area contributed by atoms with Gasteiger partial charge >= 0.3 is 12.0 Å². The van der Waals surface area contributed by atoms with Gasteiger partial charge in [0.05, 0.1) is 6.42 Å². The van der Waals surface area contributed by atoms with Gasteiger partial charge in [-0.2, -0.15) is 0 Å². The average molecular weight is 298 g/mol. The Labute approximate surface area is 123 Å². The summed E-state index contributed by atoms with van der Waals surface area (Å²) in [4.78, 5) is 38.2. The molecule has 0 saturated carbocycles. The summed E-state index contributed by atoms with van der Waals surface area (Å²) < 4.78 is 0. The van der Waals surface area contributed by atoms with E-state index < -0.39 is 30.4 Å². The van der Waals surface area contributed by atoms with Crippen LogP contribution < -0.4 is 11.1 Å². The minimum atomic E-state index is -1.27. The number of nitrogens with two attached hydrogens (primary N) is 1. The number of nitrogens with one attached hydrogen (secondary N) is 1. The second kappa shape index (κ2) is 6.75. The van der Waals surface area contributed by atoms with Crippen LogP contribution in [0.4, 0.5) is 4.79 Å². The van der Waals surface area contributed by atoms with Crippen molar-refractivity contribution < 1.29 is 19.5 Å². The monoisotopic (exact) mass is 298 g/mol. The molecule has 21 heavy (non-hydrogen) atoms. The first kappa shape index (κ1) is 15.6. The molecule has 4 N–H and O–H groups in total. The van der Waals surface area contributed by atoms with E-state index in [1.54, 1.807) is 4.90 Å². The van der Waals surface area contributed by atoms with Crippen molar-refractivity contribution in [2.24, 2.45) is 5.73 Å². The molecule has 0 aliphatic carbocycles. The van der Waals surface area contributed by atoms with Crippen LogP contribution in [0.3, 0.4) is 0 Å². The van der Waals surface area contributed by atoms with Gasteiger partial charge in [-0.25, -0.2) is 9.59 Å². The van der Waals surface area contributed by atoms with Gasteiger partial charge in [0.15, 0.2) is 0 Å². The van der Waals surface area contributed by atoms with E-state index in [4.69, 9.17) is 10.8 Å². The van der Waals surface area contributed by atoms with E-state index in [1.807, 2.05) is 0 Å². The fraction of sp³-hybridized carbons (Fsp3) is 0.769. The normalized spacial score (nSPS) is 24.0. The molecule has 2 fully saturated rings. The Balaban J connectivity index is 1.94. The summed E-state index contributed by atoms with van der Waals surface area (Å²) in [5.74, 6) is -2.00. The molecule has 2 aliphatic rings. The molecule has 0 radical (unpaired) electrons. The third-order valence-electron chi connectivity index (χ3n) is 4.09. The average Bonchev–Trinajstić information content (AvgIpc) is 2.74. The van der Waals surface area contributed by atoms with Gasteiger partial charge < -0.3 is 21.1 Å². The van der Waals surface area contributed by atoms with Crippen LogP contribution in [0.2, 0.25) is 0 Å². The Bertz CT molecular complexity index is 428. The van der Waals surface area contributed by atoms with E-state index >= 15 is 0 Å². The second-order valence-electron chi connectivity index (χ2n) is 5.64. The number of amides is 3. The van der Waals surface area contributed by atoms with E-state index in [2.05, 4.69) is 10.2 Å². The zero-order valence-corrected chi connectivity index (χ0v) is 12.0. The zero-order valence-electron chi connectivity index (χ0n) is 12.0. The number of fused-ring (bicyclic) bond motifs is 1. The van der Waals surface area contributed by atoms with Crippen molar-refractivity contribution in [3.63, 3.8) is 0 Å². The highest BCUT2D eigenvalue weighted by molar-refractivity contribution is 5.87. The van der Waals surface area contributed by atoms with Crippen molar-refractivity contribution >= 4 is 17.9 Å². The lowest BCUT2D eigenvalue weighted by Gasteiger charge is -2.27. The fourth-order valence-electron chi connectivity index (χ4n) is 3.03. The number of primary amides is 1. The molecule has 2 heterocycles. The molecule has 118 valence electrons. The Morgan fingerprint density at radius 3 is 2.62 bits per heavy atom. The Morgan fingerprint density at radius 1 is 1.24 bits per heavy atom. The molecule has 2 saturated heterocycles. The molecule has 3 amide bonds. The molecule has 8 heteroatoms. The Kier molecular flexibility index (Phi) is 5.00. The van der Waals surface area contributed by atoms with E-state index in [-0.39, 0.29) is 0 Å². The van der Waals surface area contributed by atoms with E-state index in [9.17, 15) is 14.4 Å². The third-order valence-corrected chi connectivity index (χ3v) is 4.09. The van der Waals surface area contributed by atoms with Crippen molar-refractivity contribution in [1.29, 1.82) is 0 Å². The number of urea groups is 1. The molecule has 0 aromatic rings. The van der Waals surface area contributed by atoms with Gasteiger partial charge in [-0.15, -0.1) is 0 Å². The summed E-state index contributed by atoms with van der Waals surface area (Å²) in [6.07, 6.45) is 2.68. The molecule has 8 nitrogen and oxygen atoms in total. The lowest BCUT2D eigenvalue weighted by molar-refractivity contribution is -0.140. The third kappa shape index (κ3) is 4.07. The molecule has 0 aromatic heterocycles. The molecule has 0 spiro atoms. The number of nitrogens with zero attached hydrogens (tertiary/aromatic N) is 2. The number of carboxylic acids is 1. The summed E-state index contributed by atoms with van der Waals surface area (Å²) in [5.41, 5.74) is 5.01. The Hall–Kier alpha value is -1.83. The van der Waals surface area contributed by atoms with Gasteiger partial charge in [0.25, 0.3) is 0 Å². The number of rotatable bonds is 4. The van der Waals surface area contributed by atoms with Gasteiger partial charge in [-0.3, -0.25) is 9.69 Å². The topological polar surface area (TPSA) is 116 Å². The van der Waals surface area contributed by atoms with Crippen LogP contribution >= 0.6 is 0 Å². The number of aliphatic carboxylic acids is 1. The summed E-state index contributed by atoms with van der Waals surface area (Å²) in [7, 11) is 0. The molecule has 0 bridgehead atoms. The number of hydrogen-bond acceptors (Lipinski definition) is 4. The first-order chi connectivity index (χ1) is 9.97. The smallest absolute Gasteiger partial charge is 0.326 e. The standard InChI is InChI=1S/C13H22N4O4/c14-11(18)7-10(12(19)20)15-13(21)17-6-2-5-16-4-1-3-9(16)8-17/h9-10H,1-8H2,(H2,14,18)(H,15,21)(H,19,20). The second-order valence-corrected chi connectivity index (χ2v) is 5.64. The number of carbonyl (C=O) groups is 3.